The van der Waals surface area contributed by atoms with Gasteiger partial charge in [0, 0.05) is 44.1 Å². The third-order valence-corrected chi connectivity index (χ3v) is 7.76. The first kappa shape index (κ1) is 28.0. The number of sulfonamides is 1. The van der Waals surface area contributed by atoms with Crippen LogP contribution in [0, 0.1) is 23.7 Å². The third kappa shape index (κ3) is 7.11. The lowest BCUT2D eigenvalue weighted by Crippen LogP contribution is -2.51. The topological polar surface area (TPSA) is 99.2 Å². The number of urea groups is 1. The van der Waals surface area contributed by atoms with Crippen LogP contribution < -0.4 is 10.1 Å². The highest BCUT2D eigenvalue weighted by Gasteiger charge is 2.38. The predicted octanol–water partition coefficient (Wildman–Crippen LogP) is 2.90. The summed E-state index contributed by atoms with van der Waals surface area (Å²) in [7, 11) is -2.22. The van der Waals surface area contributed by atoms with Gasteiger partial charge in [0.25, 0.3) is 0 Å². The summed E-state index contributed by atoms with van der Waals surface area (Å²) in [6.45, 7) is 10.4. The normalized spacial score (nSPS) is 20.7. The molecule has 0 aromatic heterocycles. The number of aliphatic hydroxyl groups is 1. The first-order chi connectivity index (χ1) is 16.0. The number of nitrogens with one attached hydrogen (secondary N) is 1. The van der Waals surface area contributed by atoms with Gasteiger partial charge < -0.3 is 20.1 Å². The van der Waals surface area contributed by atoms with E-state index in [0.717, 1.165) is 12.8 Å². The molecule has 1 aromatic rings. The number of carbonyl (C=O) groups excluding carboxylic acids is 1. The molecule has 2 amide bonds. The smallest absolute Gasteiger partial charge is 0.317 e. The summed E-state index contributed by atoms with van der Waals surface area (Å²) in [5.74, 6) is 6.61. The van der Waals surface area contributed by atoms with E-state index >= 15 is 0 Å². The summed E-state index contributed by atoms with van der Waals surface area (Å²) in [4.78, 5) is 14.0. The van der Waals surface area contributed by atoms with E-state index in [0.29, 0.717) is 18.0 Å². The lowest BCUT2D eigenvalue weighted by atomic mass is 10.0. The number of likely N-dealkylation sites (N-methyl/N-ethyl adjacent to an activating group) is 1. The zero-order valence-electron chi connectivity index (χ0n) is 21.2. The molecule has 1 aliphatic heterocycles. The van der Waals surface area contributed by atoms with E-state index in [1.54, 1.807) is 31.0 Å². The van der Waals surface area contributed by atoms with Crippen molar-refractivity contribution in [2.45, 2.75) is 64.5 Å². The maximum atomic E-state index is 13.5. The fourth-order valence-corrected chi connectivity index (χ4v) is 5.42. The van der Waals surface area contributed by atoms with Gasteiger partial charge in [0.15, 0.2) is 0 Å². The third-order valence-electron chi connectivity index (χ3n) is 5.74. The van der Waals surface area contributed by atoms with E-state index in [1.165, 1.54) is 10.4 Å². The number of carbonyl (C=O) groups is 1. The molecule has 0 saturated heterocycles. The van der Waals surface area contributed by atoms with Crippen LogP contribution in [0.3, 0.4) is 0 Å². The second-order valence-corrected chi connectivity index (χ2v) is 11.3. The van der Waals surface area contributed by atoms with Gasteiger partial charge in [0.1, 0.15) is 16.7 Å². The second kappa shape index (κ2) is 12.4. The molecule has 0 bridgehead atoms. The Kier molecular flexibility index (Phi) is 10.2. The minimum Gasteiger partial charge on any atom is -0.487 e. The van der Waals surface area contributed by atoms with E-state index in [9.17, 15) is 18.3 Å². The fourth-order valence-electron chi connectivity index (χ4n) is 3.60. The lowest BCUT2D eigenvalue weighted by molar-refractivity contribution is 0.0812. The Hall–Kier alpha value is -2.28. The van der Waals surface area contributed by atoms with Crippen molar-refractivity contribution in [3.05, 3.63) is 23.8 Å². The molecule has 9 heteroatoms. The highest BCUT2D eigenvalue weighted by molar-refractivity contribution is 7.89. The zero-order valence-corrected chi connectivity index (χ0v) is 22.0. The Morgan fingerprint density at radius 2 is 2.06 bits per heavy atom. The molecule has 0 radical (unpaired) electrons. The van der Waals surface area contributed by atoms with Gasteiger partial charge in [-0.05, 0) is 37.5 Å². The van der Waals surface area contributed by atoms with Crippen molar-refractivity contribution in [1.82, 2.24) is 14.5 Å². The molecule has 0 fully saturated rings. The summed E-state index contributed by atoms with van der Waals surface area (Å²) in [6, 6.07) is 4.05. The van der Waals surface area contributed by atoms with Gasteiger partial charge in [0.2, 0.25) is 10.0 Å². The molecular weight excluding hydrogens is 454 g/mol. The van der Waals surface area contributed by atoms with E-state index in [2.05, 4.69) is 31.0 Å². The van der Waals surface area contributed by atoms with Gasteiger partial charge in [-0.25, -0.2) is 13.2 Å². The quantitative estimate of drug-likeness (QED) is 0.569. The number of ether oxygens (including phenoxy) is 1. The Balaban J connectivity index is 2.48. The van der Waals surface area contributed by atoms with Crippen LogP contribution in [0.2, 0.25) is 0 Å². The number of hydrogen-bond acceptors (Lipinski definition) is 5. The number of aliphatic hydroxyl groups excluding tert-OH is 1. The molecule has 2 rings (SSSR count). The molecule has 8 nitrogen and oxygen atoms in total. The van der Waals surface area contributed by atoms with Crippen molar-refractivity contribution in [1.29, 1.82) is 0 Å². The van der Waals surface area contributed by atoms with E-state index in [4.69, 9.17) is 4.74 Å². The number of fused-ring (bicyclic) bond motifs is 1. The number of nitrogens with zero attached hydrogens (tertiary/aromatic N) is 2. The highest BCUT2D eigenvalue weighted by atomic mass is 32.2. The number of hydrogen-bond donors (Lipinski definition) is 2. The van der Waals surface area contributed by atoms with Crippen molar-refractivity contribution in [2.75, 3.05) is 33.3 Å². The van der Waals surface area contributed by atoms with Gasteiger partial charge in [0.05, 0.1) is 13.2 Å². The van der Waals surface area contributed by atoms with Crippen LogP contribution >= 0.6 is 0 Å². The van der Waals surface area contributed by atoms with Gasteiger partial charge in [-0.2, -0.15) is 4.31 Å². The number of rotatable bonds is 7. The standard InChI is InChI=1S/C25H39N3O5S/c1-7-13-26-25(30)27(6)16-23-19(4)15-28(20(5)17-29)34(31,32)24-12-11-21(14-22(24)33-23)10-8-9-18(2)3/h11-12,14,18-20,23,29H,7,9,13,15-17H2,1-6H3,(H,26,30)/t19-,20+,23+/m1/s1. The van der Waals surface area contributed by atoms with Crippen LogP contribution in [0.1, 0.15) is 53.0 Å². The largest absolute Gasteiger partial charge is 0.487 e. The molecule has 0 aliphatic carbocycles. The molecular formula is C25H39N3O5S. The molecule has 3 atom stereocenters. The van der Waals surface area contributed by atoms with Crippen LogP contribution in [0.4, 0.5) is 4.79 Å². The van der Waals surface area contributed by atoms with E-state index in [-0.39, 0.29) is 42.3 Å². The van der Waals surface area contributed by atoms with Crippen molar-refractivity contribution >= 4 is 16.1 Å². The van der Waals surface area contributed by atoms with Crippen molar-refractivity contribution in [3.8, 4) is 17.6 Å². The maximum Gasteiger partial charge on any atom is 0.317 e. The van der Waals surface area contributed by atoms with Crippen molar-refractivity contribution < 1.29 is 23.1 Å². The first-order valence-electron chi connectivity index (χ1n) is 11.9. The highest BCUT2D eigenvalue weighted by Crippen LogP contribution is 2.34. The Morgan fingerprint density at radius 1 is 1.35 bits per heavy atom. The number of amides is 2. The van der Waals surface area contributed by atoms with Crippen LogP contribution in [0.25, 0.3) is 0 Å². The van der Waals surface area contributed by atoms with Crippen LogP contribution in [0.5, 0.6) is 5.75 Å². The van der Waals surface area contributed by atoms with Crippen LogP contribution in [-0.4, -0.2) is 74.2 Å². The van der Waals surface area contributed by atoms with Gasteiger partial charge in [-0.15, -0.1) is 0 Å². The Bertz CT molecular complexity index is 1000. The summed E-state index contributed by atoms with van der Waals surface area (Å²) in [5, 5.41) is 12.6. The Morgan fingerprint density at radius 3 is 2.68 bits per heavy atom. The number of benzene rings is 1. The van der Waals surface area contributed by atoms with Gasteiger partial charge >= 0.3 is 6.03 Å². The minimum absolute atomic E-state index is 0.0391. The maximum absolute atomic E-state index is 13.5. The summed E-state index contributed by atoms with van der Waals surface area (Å²) in [5.41, 5.74) is 0.664. The monoisotopic (exact) mass is 493 g/mol. The zero-order chi connectivity index (χ0) is 25.5. The van der Waals surface area contributed by atoms with Crippen molar-refractivity contribution in [3.63, 3.8) is 0 Å². The summed E-state index contributed by atoms with van der Waals surface area (Å²) in [6.07, 6.45) is 1.10. The second-order valence-electron chi connectivity index (χ2n) is 9.41. The summed E-state index contributed by atoms with van der Waals surface area (Å²) < 4.78 is 34.6. The van der Waals surface area contributed by atoms with Crippen LogP contribution in [-0.2, 0) is 10.0 Å². The minimum atomic E-state index is -3.91. The lowest BCUT2D eigenvalue weighted by Gasteiger charge is -2.37. The molecule has 0 saturated carbocycles. The average Bonchev–Trinajstić information content (AvgIpc) is 2.78. The molecule has 190 valence electrons. The molecule has 0 spiro atoms. The van der Waals surface area contributed by atoms with Crippen molar-refractivity contribution in [2.24, 2.45) is 11.8 Å². The predicted molar refractivity (Wildman–Crippen MR) is 133 cm³/mol. The van der Waals surface area contributed by atoms with Gasteiger partial charge in [-0.3, -0.25) is 0 Å². The summed E-state index contributed by atoms with van der Waals surface area (Å²) >= 11 is 0. The SMILES string of the molecule is CCCNC(=O)N(C)C[C@@H]1Oc2cc(C#CCC(C)C)ccc2S(=O)(=O)N([C@@H](C)CO)C[C@H]1C. The molecule has 0 unspecified atom stereocenters. The molecule has 34 heavy (non-hydrogen) atoms. The van der Waals surface area contributed by atoms with E-state index in [1.807, 2.05) is 13.8 Å². The molecule has 1 heterocycles. The fraction of sp³-hybridized carbons (Fsp3) is 0.640. The first-order valence-corrected chi connectivity index (χ1v) is 13.4. The average molecular weight is 494 g/mol. The molecule has 1 aliphatic rings. The Labute approximate surface area is 204 Å². The molecule has 1 aromatic carbocycles. The van der Waals surface area contributed by atoms with Crippen LogP contribution in [0.15, 0.2) is 23.1 Å². The van der Waals surface area contributed by atoms with Gasteiger partial charge in [-0.1, -0.05) is 39.5 Å². The molecule has 2 N–H and O–H groups in total. The van der Waals surface area contributed by atoms with E-state index < -0.39 is 22.2 Å².